The summed E-state index contributed by atoms with van der Waals surface area (Å²) in [4.78, 5) is 0.561. The van der Waals surface area contributed by atoms with Gasteiger partial charge in [-0.2, -0.15) is 13.2 Å². The summed E-state index contributed by atoms with van der Waals surface area (Å²) in [7, 11) is 0. The van der Waals surface area contributed by atoms with E-state index in [1.165, 1.54) is 0 Å². The lowest BCUT2D eigenvalue weighted by molar-refractivity contribution is -0.139. The van der Waals surface area contributed by atoms with Crippen LogP contribution in [0.2, 0.25) is 0 Å². The van der Waals surface area contributed by atoms with Gasteiger partial charge in [-0.1, -0.05) is 45.9 Å². The molecule has 1 atom stereocenters. The summed E-state index contributed by atoms with van der Waals surface area (Å²) in [6.45, 7) is 5.08. The second kappa shape index (κ2) is 9.40. The van der Waals surface area contributed by atoms with Gasteiger partial charge in [0.1, 0.15) is 4.75 Å². The first-order valence-corrected chi connectivity index (χ1v) is 11.1. The van der Waals surface area contributed by atoms with E-state index in [4.69, 9.17) is 0 Å². The topological polar surface area (TPSA) is 55.3 Å². The van der Waals surface area contributed by atoms with E-state index in [-0.39, 0.29) is 22.5 Å². The normalized spacial score (nSPS) is 13.6. The average Bonchev–Trinajstić information content (AvgIpc) is 2.59. The molecule has 28 heavy (non-hydrogen) atoms. The van der Waals surface area contributed by atoms with Crippen LogP contribution in [0.4, 0.5) is 13.2 Å². The monoisotopic (exact) mass is 495 g/mol. The summed E-state index contributed by atoms with van der Waals surface area (Å²) in [6.07, 6.45) is -4.56. The number of aliphatic hydroxyl groups excluding tert-OH is 1. The first-order valence-electron chi connectivity index (χ1n) is 8.35. The summed E-state index contributed by atoms with van der Waals surface area (Å²) < 4.78 is 56.0. The highest BCUT2D eigenvalue weighted by atomic mass is 79.9. The Morgan fingerprint density at radius 2 is 1.79 bits per heavy atom. The van der Waals surface area contributed by atoms with Crippen molar-refractivity contribution in [3.05, 3.63) is 57.6 Å². The van der Waals surface area contributed by atoms with Gasteiger partial charge in [-0.25, -0.2) is 0 Å². The molecule has 0 amide bonds. The second-order valence-corrected chi connectivity index (χ2v) is 11.0. The number of aliphatic hydroxyl groups is 1. The molecule has 0 bridgehead atoms. The molecular weight excluding hydrogens is 475 g/mol. The van der Waals surface area contributed by atoms with Crippen molar-refractivity contribution in [2.45, 2.75) is 54.6 Å². The number of alkyl halides is 3. The Balaban J connectivity index is 2.50. The molecule has 2 N–H and O–H groups in total. The SMILES string of the molecule is CC(C)(C)[S+]([O-])NCc1cc(Br)cc(C(F)(F)F)c1Sc1ccccc1CO. The summed E-state index contributed by atoms with van der Waals surface area (Å²) in [6, 6.07) is 9.39. The van der Waals surface area contributed by atoms with E-state index in [9.17, 15) is 22.8 Å². The maximum absolute atomic E-state index is 13.7. The van der Waals surface area contributed by atoms with Crippen molar-refractivity contribution in [2.75, 3.05) is 0 Å². The number of benzene rings is 2. The van der Waals surface area contributed by atoms with Gasteiger partial charge < -0.3 is 9.66 Å². The molecule has 3 nitrogen and oxygen atoms in total. The van der Waals surface area contributed by atoms with Gasteiger partial charge in [0.15, 0.2) is 0 Å². The fourth-order valence-electron chi connectivity index (χ4n) is 2.32. The van der Waals surface area contributed by atoms with Crippen LogP contribution in [0.15, 0.2) is 50.7 Å². The minimum atomic E-state index is -4.56. The van der Waals surface area contributed by atoms with Gasteiger partial charge in [0.05, 0.1) is 18.7 Å². The average molecular weight is 496 g/mol. The third kappa shape index (κ3) is 6.14. The van der Waals surface area contributed by atoms with Crippen molar-refractivity contribution in [3.8, 4) is 0 Å². The summed E-state index contributed by atoms with van der Waals surface area (Å²) in [5.41, 5.74) is 0.135. The van der Waals surface area contributed by atoms with Gasteiger partial charge in [0.2, 0.25) is 0 Å². The number of halogens is 4. The zero-order valence-corrected chi connectivity index (χ0v) is 18.8. The predicted molar refractivity (Wildman–Crippen MR) is 110 cm³/mol. The van der Waals surface area contributed by atoms with Crippen molar-refractivity contribution >= 4 is 39.1 Å². The molecule has 0 radical (unpaired) electrons. The van der Waals surface area contributed by atoms with Gasteiger partial charge in [-0.3, -0.25) is 0 Å². The maximum atomic E-state index is 13.7. The smallest absolute Gasteiger partial charge is 0.417 e. The van der Waals surface area contributed by atoms with E-state index < -0.39 is 27.8 Å². The van der Waals surface area contributed by atoms with Gasteiger partial charge >= 0.3 is 6.18 Å². The van der Waals surface area contributed by atoms with Crippen molar-refractivity contribution < 1.29 is 22.8 Å². The van der Waals surface area contributed by atoms with E-state index in [2.05, 4.69) is 20.7 Å². The Bertz CT molecular complexity index is 826. The van der Waals surface area contributed by atoms with Crippen LogP contribution >= 0.6 is 27.7 Å². The van der Waals surface area contributed by atoms with E-state index >= 15 is 0 Å². The molecule has 0 fully saturated rings. The number of hydrogen-bond acceptors (Lipinski definition) is 4. The molecule has 2 aromatic carbocycles. The highest BCUT2D eigenvalue weighted by molar-refractivity contribution is 9.10. The molecule has 0 aromatic heterocycles. The molecule has 2 aromatic rings. The lowest BCUT2D eigenvalue weighted by atomic mass is 10.1. The number of hydrogen-bond donors (Lipinski definition) is 2. The highest BCUT2D eigenvalue weighted by Gasteiger charge is 2.36. The molecule has 1 unspecified atom stereocenters. The van der Waals surface area contributed by atoms with Crippen molar-refractivity contribution in [1.29, 1.82) is 0 Å². The molecule has 0 aliphatic carbocycles. The molecular formula is C19H21BrF3NO2S2. The molecule has 2 rings (SSSR count). The Morgan fingerprint density at radius 1 is 1.14 bits per heavy atom. The van der Waals surface area contributed by atoms with Crippen molar-refractivity contribution in [2.24, 2.45) is 0 Å². The zero-order chi connectivity index (χ0) is 21.1. The van der Waals surface area contributed by atoms with Crippen LogP contribution in [0.3, 0.4) is 0 Å². The number of rotatable bonds is 6. The molecule has 0 heterocycles. The third-order valence-electron chi connectivity index (χ3n) is 3.74. The fraction of sp³-hybridized carbons (Fsp3) is 0.368. The van der Waals surface area contributed by atoms with E-state index in [0.717, 1.165) is 17.8 Å². The summed E-state index contributed by atoms with van der Waals surface area (Å²) in [5, 5.41) is 9.51. The van der Waals surface area contributed by atoms with E-state index in [0.29, 0.717) is 16.0 Å². The molecule has 154 valence electrons. The summed E-state index contributed by atoms with van der Waals surface area (Å²) in [5.74, 6) is 0. The van der Waals surface area contributed by atoms with E-state index in [1.807, 2.05) is 0 Å². The van der Waals surface area contributed by atoms with Crippen LogP contribution in [0.25, 0.3) is 0 Å². The molecule has 0 aliphatic heterocycles. The number of nitrogens with one attached hydrogen (secondary N) is 1. The molecule has 0 spiro atoms. The highest BCUT2D eigenvalue weighted by Crippen LogP contribution is 2.44. The minimum Gasteiger partial charge on any atom is -0.598 e. The van der Waals surface area contributed by atoms with Crippen LogP contribution in [-0.2, 0) is 30.7 Å². The van der Waals surface area contributed by atoms with Crippen LogP contribution in [0.1, 0.15) is 37.5 Å². The maximum Gasteiger partial charge on any atom is 0.417 e. The van der Waals surface area contributed by atoms with Crippen LogP contribution in [0.5, 0.6) is 0 Å². The molecule has 0 aliphatic rings. The fourth-order valence-corrected chi connectivity index (χ4v) is 4.72. The molecule has 0 saturated carbocycles. The van der Waals surface area contributed by atoms with Crippen molar-refractivity contribution in [3.63, 3.8) is 0 Å². The Morgan fingerprint density at radius 3 is 2.36 bits per heavy atom. The van der Waals surface area contributed by atoms with E-state index in [1.54, 1.807) is 51.1 Å². The Hall–Kier alpha value is -0.710. The van der Waals surface area contributed by atoms with Crippen LogP contribution in [-0.4, -0.2) is 14.4 Å². The standard InChI is InChI=1S/C19H21BrF3NO2S2/c1-18(2,3)28(26)24-10-13-8-14(20)9-15(19(21,22)23)17(13)27-16-7-5-4-6-12(16)11-25/h4-9,24-25H,10-11H2,1-3H3. The van der Waals surface area contributed by atoms with Crippen LogP contribution in [0, 0.1) is 0 Å². The van der Waals surface area contributed by atoms with Gasteiger partial charge in [0.25, 0.3) is 0 Å². The Labute approximate surface area is 178 Å². The largest absolute Gasteiger partial charge is 0.598 e. The lowest BCUT2D eigenvalue weighted by Crippen LogP contribution is -2.39. The lowest BCUT2D eigenvalue weighted by Gasteiger charge is -2.24. The molecule has 0 saturated heterocycles. The third-order valence-corrected chi connectivity index (χ3v) is 7.02. The Kier molecular flexibility index (Phi) is 7.91. The van der Waals surface area contributed by atoms with Gasteiger partial charge in [-0.05, 0) is 50.1 Å². The van der Waals surface area contributed by atoms with Crippen LogP contribution < -0.4 is 4.72 Å². The predicted octanol–water partition coefficient (Wildman–Crippen LogP) is 5.66. The first-order chi connectivity index (χ1) is 12.9. The molecule has 9 heteroatoms. The van der Waals surface area contributed by atoms with Crippen molar-refractivity contribution in [1.82, 2.24) is 4.72 Å². The zero-order valence-electron chi connectivity index (χ0n) is 15.6. The summed E-state index contributed by atoms with van der Waals surface area (Å²) >= 11 is 2.67. The van der Waals surface area contributed by atoms with Gasteiger partial charge in [-0.15, -0.1) is 4.72 Å². The first kappa shape index (κ1) is 23.6. The second-order valence-electron chi connectivity index (χ2n) is 7.01. The minimum absolute atomic E-state index is 0.00995. The van der Waals surface area contributed by atoms with Gasteiger partial charge in [0, 0.05) is 25.6 Å². The quantitative estimate of drug-likeness (QED) is 0.507.